The van der Waals surface area contributed by atoms with E-state index in [4.69, 9.17) is 4.74 Å². The maximum Gasteiger partial charge on any atom is 0.293 e. The molecule has 19 heavy (non-hydrogen) atoms. The van der Waals surface area contributed by atoms with Crippen molar-refractivity contribution >= 4 is 5.69 Å². The molecule has 104 valence electrons. The molecule has 1 aliphatic heterocycles. The molecule has 1 saturated heterocycles. The van der Waals surface area contributed by atoms with E-state index >= 15 is 0 Å². The minimum Gasteiger partial charge on any atom is -0.390 e. The van der Waals surface area contributed by atoms with Gasteiger partial charge in [-0.05, 0) is 19.9 Å². The predicted molar refractivity (Wildman–Crippen MR) is 65.4 cm³/mol. The smallest absolute Gasteiger partial charge is 0.293 e. The van der Waals surface area contributed by atoms with Crippen molar-refractivity contribution in [1.82, 2.24) is 4.98 Å². The van der Waals surface area contributed by atoms with E-state index in [1.807, 2.05) is 0 Å². The van der Waals surface area contributed by atoms with Gasteiger partial charge in [0.1, 0.15) is 11.8 Å². The minimum atomic E-state index is -1.36. The quantitative estimate of drug-likeness (QED) is 0.611. The second-order valence-corrected chi connectivity index (χ2v) is 4.94. The number of hydrogen-bond acceptors (Lipinski definition) is 6. The Morgan fingerprint density at radius 2 is 2.32 bits per heavy atom. The van der Waals surface area contributed by atoms with Crippen molar-refractivity contribution < 1.29 is 19.9 Å². The lowest BCUT2D eigenvalue weighted by molar-refractivity contribution is -0.387. The molecule has 1 fully saturated rings. The number of aliphatic hydroxyl groups is 2. The van der Waals surface area contributed by atoms with Crippen LogP contribution in [0.2, 0.25) is 0 Å². The Labute approximate surface area is 110 Å². The zero-order valence-corrected chi connectivity index (χ0v) is 10.7. The van der Waals surface area contributed by atoms with Crippen LogP contribution in [0.4, 0.5) is 5.69 Å². The normalized spacial score (nSPS) is 35.1. The van der Waals surface area contributed by atoms with Gasteiger partial charge in [-0.1, -0.05) is 0 Å². The number of aromatic nitrogens is 1. The third-order valence-electron chi connectivity index (χ3n) is 3.68. The Bertz CT molecular complexity index is 477. The van der Waals surface area contributed by atoms with Crippen molar-refractivity contribution in [1.29, 1.82) is 0 Å². The standard InChI is InChI=1S/C12H16N2O5/c1-7-12(2,16)11(15)5-10(19-7)8-3-4-13-6-9(8)14(17)18/h3-4,6-7,10-11,15-16H,5H2,1-2H3/t7-,10-,11-,12-/m1/s1. The summed E-state index contributed by atoms with van der Waals surface area (Å²) in [6.07, 6.45) is 0.428. The molecule has 0 bridgehead atoms. The van der Waals surface area contributed by atoms with Crippen molar-refractivity contribution in [2.45, 2.75) is 44.2 Å². The van der Waals surface area contributed by atoms with Gasteiger partial charge in [-0.3, -0.25) is 15.1 Å². The molecule has 2 rings (SSSR count). The Morgan fingerprint density at radius 1 is 1.63 bits per heavy atom. The van der Waals surface area contributed by atoms with Crippen LogP contribution in [0.25, 0.3) is 0 Å². The highest BCUT2D eigenvalue weighted by Gasteiger charge is 2.45. The number of pyridine rings is 1. The summed E-state index contributed by atoms with van der Waals surface area (Å²) in [5, 5.41) is 30.9. The molecule has 0 aliphatic carbocycles. The monoisotopic (exact) mass is 268 g/mol. The highest BCUT2D eigenvalue weighted by molar-refractivity contribution is 5.39. The van der Waals surface area contributed by atoms with Crippen LogP contribution in [0.15, 0.2) is 18.5 Å². The molecular weight excluding hydrogens is 252 g/mol. The molecule has 1 aromatic rings. The number of ether oxygens (including phenoxy) is 1. The zero-order valence-electron chi connectivity index (χ0n) is 10.7. The van der Waals surface area contributed by atoms with Crippen molar-refractivity contribution in [2.75, 3.05) is 0 Å². The van der Waals surface area contributed by atoms with E-state index in [0.29, 0.717) is 5.56 Å². The lowest BCUT2D eigenvalue weighted by Gasteiger charge is -2.42. The summed E-state index contributed by atoms with van der Waals surface area (Å²) in [5.41, 5.74) is -1.15. The second kappa shape index (κ2) is 4.84. The fourth-order valence-corrected chi connectivity index (χ4v) is 2.17. The lowest BCUT2D eigenvalue weighted by Crippen LogP contribution is -2.54. The summed E-state index contributed by atoms with van der Waals surface area (Å²) in [6, 6.07) is 1.50. The number of hydrogen-bond donors (Lipinski definition) is 2. The minimum absolute atomic E-state index is 0.0994. The van der Waals surface area contributed by atoms with Crippen molar-refractivity contribution in [3.05, 3.63) is 34.1 Å². The van der Waals surface area contributed by atoms with Crippen LogP contribution >= 0.6 is 0 Å². The van der Waals surface area contributed by atoms with E-state index in [0.717, 1.165) is 6.20 Å². The van der Waals surface area contributed by atoms with E-state index in [2.05, 4.69) is 4.98 Å². The summed E-state index contributed by atoms with van der Waals surface area (Å²) in [4.78, 5) is 14.1. The molecule has 0 unspecified atom stereocenters. The van der Waals surface area contributed by atoms with Crippen molar-refractivity contribution in [3.8, 4) is 0 Å². The van der Waals surface area contributed by atoms with Crippen LogP contribution in [0, 0.1) is 10.1 Å². The van der Waals surface area contributed by atoms with Gasteiger partial charge in [0.15, 0.2) is 0 Å². The van der Waals surface area contributed by atoms with Gasteiger partial charge < -0.3 is 14.9 Å². The number of nitro groups is 1. The first-order valence-electron chi connectivity index (χ1n) is 5.98. The summed E-state index contributed by atoms with van der Waals surface area (Å²) in [7, 11) is 0. The molecular formula is C12H16N2O5. The van der Waals surface area contributed by atoms with Gasteiger partial charge in [0.25, 0.3) is 5.69 Å². The molecule has 7 nitrogen and oxygen atoms in total. The highest BCUT2D eigenvalue weighted by atomic mass is 16.6. The molecule has 0 aromatic carbocycles. The Kier molecular flexibility index (Phi) is 3.53. The molecule has 0 spiro atoms. The second-order valence-electron chi connectivity index (χ2n) is 4.94. The average molecular weight is 268 g/mol. The first-order chi connectivity index (χ1) is 8.84. The van der Waals surface area contributed by atoms with E-state index in [1.54, 1.807) is 6.92 Å². The molecule has 1 aromatic heterocycles. The van der Waals surface area contributed by atoms with Gasteiger partial charge in [-0.15, -0.1) is 0 Å². The molecule has 0 saturated carbocycles. The zero-order chi connectivity index (χ0) is 14.2. The summed E-state index contributed by atoms with van der Waals surface area (Å²) in [5.74, 6) is 0. The van der Waals surface area contributed by atoms with Gasteiger partial charge in [0, 0.05) is 12.6 Å². The molecule has 4 atom stereocenters. The van der Waals surface area contributed by atoms with Crippen LogP contribution in [0.3, 0.4) is 0 Å². The maximum atomic E-state index is 11.0. The molecule has 7 heteroatoms. The molecule has 2 heterocycles. The number of rotatable bonds is 2. The highest BCUT2D eigenvalue weighted by Crippen LogP contribution is 2.39. The van der Waals surface area contributed by atoms with Crippen LogP contribution in [0.5, 0.6) is 0 Å². The van der Waals surface area contributed by atoms with Gasteiger partial charge in [-0.25, -0.2) is 0 Å². The SMILES string of the molecule is C[C@H]1O[C@@H](c2ccncc2[N+](=O)[O-])C[C@@H](O)[C@]1(C)O. The van der Waals surface area contributed by atoms with Crippen molar-refractivity contribution in [3.63, 3.8) is 0 Å². The molecule has 0 amide bonds. The fourth-order valence-electron chi connectivity index (χ4n) is 2.17. The van der Waals surface area contributed by atoms with Gasteiger partial charge in [0.2, 0.25) is 0 Å². The Balaban J connectivity index is 2.32. The largest absolute Gasteiger partial charge is 0.390 e. The lowest BCUT2D eigenvalue weighted by atomic mass is 9.84. The first-order valence-corrected chi connectivity index (χ1v) is 5.98. The van der Waals surface area contributed by atoms with Crippen LogP contribution < -0.4 is 0 Å². The van der Waals surface area contributed by atoms with Gasteiger partial charge in [-0.2, -0.15) is 0 Å². The van der Waals surface area contributed by atoms with E-state index < -0.39 is 28.8 Å². The third-order valence-corrected chi connectivity index (χ3v) is 3.68. The Morgan fingerprint density at radius 3 is 2.89 bits per heavy atom. The number of aliphatic hydroxyl groups excluding tert-OH is 1. The first kappa shape index (κ1) is 13.9. The van der Waals surface area contributed by atoms with E-state index in [9.17, 15) is 20.3 Å². The topological polar surface area (TPSA) is 106 Å². The maximum absolute atomic E-state index is 11.0. The average Bonchev–Trinajstić information content (AvgIpc) is 2.36. The summed E-state index contributed by atoms with van der Waals surface area (Å²) < 4.78 is 5.61. The van der Waals surface area contributed by atoms with Gasteiger partial charge in [0.05, 0.1) is 28.8 Å². The van der Waals surface area contributed by atoms with Gasteiger partial charge >= 0.3 is 0 Å². The van der Waals surface area contributed by atoms with E-state index in [1.165, 1.54) is 19.2 Å². The van der Waals surface area contributed by atoms with Crippen LogP contribution in [-0.2, 0) is 4.74 Å². The predicted octanol–water partition coefficient (Wildman–Crippen LogP) is 0.952. The molecule has 2 N–H and O–H groups in total. The summed E-state index contributed by atoms with van der Waals surface area (Å²) in [6.45, 7) is 3.11. The van der Waals surface area contributed by atoms with Crippen LogP contribution in [0.1, 0.15) is 31.9 Å². The van der Waals surface area contributed by atoms with Crippen LogP contribution in [-0.4, -0.2) is 37.9 Å². The Hall–Kier alpha value is -1.57. The molecule has 0 radical (unpaired) electrons. The van der Waals surface area contributed by atoms with E-state index in [-0.39, 0.29) is 12.1 Å². The third kappa shape index (κ3) is 2.44. The van der Waals surface area contributed by atoms with Crippen molar-refractivity contribution in [2.24, 2.45) is 0 Å². The molecule has 1 aliphatic rings. The number of nitrogens with zero attached hydrogens (tertiary/aromatic N) is 2. The summed E-state index contributed by atoms with van der Waals surface area (Å²) >= 11 is 0. The fraction of sp³-hybridized carbons (Fsp3) is 0.583.